The summed E-state index contributed by atoms with van der Waals surface area (Å²) < 4.78 is 0. The van der Waals surface area contributed by atoms with Crippen molar-refractivity contribution in [3.05, 3.63) is 76.9 Å². The van der Waals surface area contributed by atoms with Crippen LogP contribution in [-0.4, -0.2) is 10.8 Å². The molecule has 3 rings (SSSR count). The molecule has 3 heteroatoms. The van der Waals surface area contributed by atoms with Crippen LogP contribution in [0.2, 0.25) is 5.02 Å². The van der Waals surface area contributed by atoms with E-state index < -0.39 is 0 Å². The van der Waals surface area contributed by atoms with Gasteiger partial charge in [0.15, 0.2) is 5.78 Å². The minimum Gasteiger partial charge on any atom is -0.294 e. The molecule has 0 aliphatic heterocycles. The Morgan fingerprint density at radius 2 is 1.90 bits per heavy atom. The molecule has 0 aliphatic rings. The van der Waals surface area contributed by atoms with Gasteiger partial charge in [-0.2, -0.15) is 0 Å². The van der Waals surface area contributed by atoms with Gasteiger partial charge in [-0.1, -0.05) is 35.9 Å². The van der Waals surface area contributed by atoms with Crippen LogP contribution < -0.4 is 0 Å². The van der Waals surface area contributed by atoms with Crippen LogP contribution in [0.5, 0.6) is 0 Å². The van der Waals surface area contributed by atoms with Crippen molar-refractivity contribution in [2.75, 3.05) is 0 Å². The summed E-state index contributed by atoms with van der Waals surface area (Å²) in [5, 5.41) is 1.60. The van der Waals surface area contributed by atoms with E-state index in [1.165, 1.54) is 0 Å². The largest absolute Gasteiger partial charge is 0.294 e. The first-order valence-corrected chi connectivity index (χ1v) is 6.73. The predicted octanol–water partition coefficient (Wildman–Crippen LogP) is 4.31. The highest BCUT2D eigenvalue weighted by Crippen LogP contribution is 2.19. The summed E-state index contributed by atoms with van der Waals surface area (Å²) in [7, 11) is 0. The zero-order chi connectivity index (χ0) is 13.9. The van der Waals surface area contributed by atoms with E-state index in [0.717, 1.165) is 16.5 Å². The van der Waals surface area contributed by atoms with Crippen molar-refractivity contribution in [3.63, 3.8) is 0 Å². The van der Waals surface area contributed by atoms with E-state index >= 15 is 0 Å². The molecule has 0 spiro atoms. The van der Waals surface area contributed by atoms with E-state index in [9.17, 15) is 4.79 Å². The van der Waals surface area contributed by atoms with Crippen LogP contribution in [0.25, 0.3) is 10.9 Å². The molecular weight excluding hydrogens is 270 g/mol. The lowest BCUT2D eigenvalue weighted by molar-refractivity contribution is 0.0993. The Morgan fingerprint density at radius 3 is 2.75 bits per heavy atom. The molecule has 2 aromatic carbocycles. The lowest BCUT2D eigenvalue weighted by Crippen LogP contribution is -2.04. The van der Waals surface area contributed by atoms with Crippen molar-refractivity contribution in [2.45, 2.75) is 6.42 Å². The molecular formula is C17H12ClNO. The Bertz CT molecular complexity index is 783. The van der Waals surface area contributed by atoms with Crippen LogP contribution in [0.15, 0.2) is 60.8 Å². The van der Waals surface area contributed by atoms with Crippen molar-refractivity contribution in [2.24, 2.45) is 0 Å². The van der Waals surface area contributed by atoms with Crippen molar-refractivity contribution < 1.29 is 4.79 Å². The normalized spacial score (nSPS) is 10.7. The fourth-order valence-electron chi connectivity index (χ4n) is 2.17. The number of pyridine rings is 1. The molecule has 0 N–H and O–H groups in total. The molecule has 0 atom stereocenters. The van der Waals surface area contributed by atoms with E-state index in [-0.39, 0.29) is 5.78 Å². The maximum Gasteiger partial charge on any atom is 0.167 e. The van der Waals surface area contributed by atoms with Gasteiger partial charge in [0.25, 0.3) is 0 Å². The fourth-order valence-corrected chi connectivity index (χ4v) is 2.37. The Balaban J connectivity index is 1.91. The molecule has 20 heavy (non-hydrogen) atoms. The second kappa shape index (κ2) is 5.43. The molecule has 0 unspecified atom stereocenters. The van der Waals surface area contributed by atoms with Gasteiger partial charge in [-0.15, -0.1) is 0 Å². The fraction of sp³-hybridized carbons (Fsp3) is 0.0588. The topological polar surface area (TPSA) is 30.0 Å². The number of hydrogen-bond acceptors (Lipinski definition) is 2. The summed E-state index contributed by atoms with van der Waals surface area (Å²) in [4.78, 5) is 16.6. The summed E-state index contributed by atoms with van der Waals surface area (Å²) in [6.45, 7) is 0. The average Bonchev–Trinajstić information content (AvgIpc) is 2.49. The Labute approximate surface area is 122 Å². The number of aromatic nitrogens is 1. The van der Waals surface area contributed by atoms with Crippen molar-refractivity contribution in [1.82, 2.24) is 4.98 Å². The van der Waals surface area contributed by atoms with Gasteiger partial charge in [0.2, 0.25) is 0 Å². The highest BCUT2D eigenvalue weighted by Gasteiger charge is 2.10. The number of benzene rings is 2. The second-order valence-corrected chi connectivity index (χ2v) is 5.01. The zero-order valence-electron chi connectivity index (χ0n) is 10.7. The van der Waals surface area contributed by atoms with Crippen LogP contribution in [0.3, 0.4) is 0 Å². The summed E-state index contributed by atoms with van der Waals surface area (Å²) >= 11 is 6.09. The minimum absolute atomic E-state index is 0.0591. The summed E-state index contributed by atoms with van der Waals surface area (Å²) in [5.74, 6) is 0.0591. The average molecular weight is 282 g/mol. The van der Waals surface area contributed by atoms with Gasteiger partial charge in [0.05, 0.1) is 5.52 Å². The number of hydrogen-bond donors (Lipinski definition) is 0. The van der Waals surface area contributed by atoms with Crippen molar-refractivity contribution in [3.8, 4) is 0 Å². The highest BCUT2D eigenvalue weighted by molar-refractivity contribution is 6.31. The van der Waals surface area contributed by atoms with Crippen LogP contribution in [0.4, 0.5) is 0 Å². The molecule has 3 aromatic rings. The van der Waals surface area contributed by atoms with Crippen LogP contribution in [0.1, 0.15) is 15.9 Å². The number of Topliss-reactive ketones (excluding diaryl/α,β-unsaturated/α-hetero) is 1. The molecule has 98 valence electrons. The van der Waals surface area contributed by atoms with Gasteiger partial charge in [-0.3, -0.25) is 9.78 Å². The van der Waals surface area contributed by atoms with Crippen molar-refractivity contribution in [1.29, 1.82) is 0 Å². The second-order valence-electron chi connectivity index (χ2n) is 4.60. The predicted molar refractivity (Wildman–Crippen MR) is 81.2 cm³/mol. The van der Waals surface area contributed by atoms with Gasteiger partial charge in [0, 0.05) is 28.6 Å². The quantitative estimate of drug-likeness (QED) is 0.670. The van der Waals surface area contributed by atoms with E-state index in [4.69, 9.17) is 11.6 Å². The lowest BCUT2D eigenvalue weighted by Gasteiger charge is -2.05. The van der Waals surface area contributed by atoms with Gasteiger partial charge < -0.3 is 0 Å². The maximum atomic E-state index is 12.3. The standard InChI is InChI=1S/C17H12ClNO/c18-15-6-2-1-4-12(15)11-17(20)14-7-8-16-13(10-14)5-3-9-19-16/h1-10H,11H2. The molecule has 0 fully saturated rings. The molecule has 1 aromatic heterocycles. The third-order valence-corrected chi connectivity index (χ3v) is 3.60. The SMILES string of the molecule is O=C(Cc1ccccc1Cl)c1ccc2ncccc2c1. The molecule has 0 radical (unpaired) electrons. The Kier molecular flexibility index (Phi) is 3.48. The van der Waals surface area contributed by atoms with E-state index in [0.29, 0.717) is 17.0 Å². The lowest BCUT2D eigenvalue weighted by atomic mass is 10.0. The zero-order valence-corrected chi connectivity index (χ0v) is 11.5. The smallest absolute Gasteiger partial charge is 0.167 e. The third kappa shape index (κ3) is 2.56. The van der Waals surface area contributed by atoms with Crippen molar-refractivity contribution >= 4 is 28.3 Å². The monoisotopic (exact) mass is 281 g/mol. The van der Waals surface area contributed by atoms with Gasteiger partial charge in [0.1, 0.15) is 0 Å². The van der Waals surface area contributed by atoms with Gasteiger partial charge in [-0.05, 0) is 35.9 Å². The molecule has 0 amide bonds. The molecule has 1 heterocycles. The molecule has 0 aliphatic carbocycles. The third-order valence-electron chi connectivity index (χ3n) is 3.23. The first-order valence-electron chi connectivity index (χ1n) is 6.35. The number of nitrogens with zero attached hydrogens (tertiary/aromatic N) is 1. The molecule has 2 nitrogen and oxygen atoms in total. The number of carbonyl (C=O) groups is 1. The van der Waals surface area contributed by atoms with Crippen LogP contribution in [0, 0.1) is 0 Å². The first-order chi connectivity index (χ1) is 9.74. The van der Waals surface area contributed by atoms with E-state index in [1.54, 1.807) is 12.3 Å². The van der Waals surface area contributed by atoms with Gasteiger partial charge >= 0.3 is 0 Å². The summed E-state index contributed by atoms with van der Waals surface area (Å²) in [6, 6.07) is 16.8. The number of carbonyl (C=O) groups excluding carboxylic acids is 1. The number of ketones is 1. The van der Waals surface area contributed by atoms with Gasteiger partial charge in [-0.25, -0.2) is 0 Å². The number of fused-ring (bicyclic) bond motifs is 1. The number of rotatable bonds is 3. The highest BCUT2D eigenvalue weighted by atomic mass is 35.5. The Hall–Kier alpha value is -2.19. The van der Waals surface area contributed by atoms with E-state index in [1.807, 2.05) is 48.5 Å². The maximum absolute atomic E-state index is 12.3. The first kappa shape index (κ1) is 12.8. The van der Waals surface area contributed by atoms with Crippen LogP contribution >= 0.6 is 11.6 Å². The Morgan fingerprint density at radius 1 is 1.05 bits per heavy atom. The number of halogens is 1. The van der Waals surface area contributed by atoms with Crippen LogP contribution in [-0.2, 0) is 6.42 Å². The molecule has 0 saturated carbocycles. The molecule has 0 bridgehead atoms. The summed E-state index contributed by atoms with van der Waals surface area (Å²) in [5.41, 5.74) is 2.43. The summed E-state index contributed by atoms with van der Waals surface area (Å²) in [6.07, 6.45) is 2.05. The molecule has 0 saturated heterocycles. The minimum atomic E-state index is 0.0591. The van der Waals surface area contributed by atoms with E-state index in [2.05, 4.69) is 4.98 Å².